The number of rotatable bonds is 5. The van der Waals surface area contributed by atoms with Crippen LogP contribution in [0.3, 0.4) is 0 Å². The monoisotopic (exact) mass is 241 g/mol. The zero-order chi connectivity index (χ0) is 11.9. The Morgan fingerprint density at radius 3 is 2.71 bits per heavy atom. The van der Waals surface area contributed by atoms with Gasteiger partial charge in [-0.2, -0.15) is 0 Å². The zero-order valence-electron chi connectivity index (χ0n) is 11.2. The summed E-state index contributed by atoms with van der Waals surface area (Å²) in [6.45, 7) is 8.21. The molecular weight excluding hydrogens is 214 g/mol. The van der Waals surface area contributed by atoms with E-state index in [2.05, 4.69) is 11.8 Å². The summed E-state index contributed by atoms with van der Waals surface area (Å²) in [4.78, 5) is 2.45. The quantitative estimate of drug-likeness (QED) is 0.737. The lowest BCUT2D eigenvalue weighted by Crippen LogP contribution is -2.39. The van der Waals surface area contributed by atoms with E-state index in [9.17, 15) is 0 Å². The van der Waals surface area contributed by atoms with Gasteiger partial charge in [-0.05, 0) is 18.8 Å². The number of morpholine rings is 1. The smallest absolute Gasteiger partial charge is 0.0603 e. The number of hydrogen-bond donors (Lipinski definition) is 0. The maximum atomic E-state index is 6.11. The van der Waals surface area contributed by atoms with Gasteiger partial charge in [-0.25, -0.2) is 0 Å². The summed E-state index contributed by atoms with van der Waals surface area (Å²) in [5, 5.41) is 0. The van der Waals surface area contributed by atoms with Crippen LogP contribution in [0.1, 0.15) is 39.0 Å². The van der Waals surface area contributed by atoms with Gasteiger partial charge in [0.1, 0.15) is 0 Å². The topological polar surface area (TPSA) is 21.7 Å². The molecule has 0 N–H and O–H groups in total. The Bertz CT molecular complexity index is 204. The van der Waals surface area contributed by atoms with Gasteiger partial charge < -0.3 is 9.47 Å². The van der Waals surface area contributed by atoms with Crippen molar-refractivity contribution in [1.29, 1.82) is 0 Å². The van der Waals surface area contributed by atoms with Crippen LogP contribution in [0.2, 0.25) is 0 Å². The van der Waals surface area contributed by atoms with Gasteiger partial charge in [0.15, 0.2) is 0 Å². The van der Waals surface area contributed by atoms with Crippen molar-refractivity contribution in [3.8, 4) is 0 Å². The van der Waals surface area contributed by atoms with Crippen LogP contribution in [0.15, 0.2) is 0 Å². The fraction of sp³-hybridized carbons (Fsp3) is 1.00. The maximum absolute atomic E-state index is 6.11. The largest absolute Gasteiger partial charge is 0.379 e. The molecule has 100 valence electrons. The van der Waals surface area contributed by atoms with Crippen molar-refractivity contribution < 1.29 is 9.47 Å². The van der Waals surface area contributed by atoms with Gasteiger partial charge in [-0.1, -0.05) is 26.2 Å². The molecule has 1 aliphatic heterocycles. The Morgan fingerprint density at radius 1 is 1.18 bits per heavy atom. The molecule has 1 saturated heterocycles. The fourth-order valence-electron chi connectivity index (χ4n) is 3.02. The molecule has 17 heavy (non-hydrogen) atoms. The maximum Gasteiger partial charge on any atom is 0.0603 e. The molecule has 2 atom stereocenters. The van der Waals surface area contributed by atoms with Crippen LogP contribution in [-0.2, 0) is 9.47 Å². The molecule has 0 aromatic heterocycles. The van der Waals surface area contributed by atoms with Gasteiger partial charge in [-0.3, -0.25) is 4.90 Å². The van der Waals surface area contributed by atoms with E-state index in [1.54, 1.807) is 0 Å². The Kier molecular flexibility index (Phi) is 5.75. The van der Waals surface area contributed by atoms with E-state index in [1.165, 1.54) is 32.1 Å². The second kappa shape index (κ2) is 7.34. The van der Waals surface area contributed by atoms with Gasteiger partial charge in [0, 0.05) is 19.6 Å². The zero-order valence-corrected chi connectivity index (χ0v) is 11.2. The number of ether oxygens (including phenoxy) is 2. The summed E-state index contributed by atoms with van der Waals surface area (Å²) in [7, 11) is 0. The van der Waals surface area contributed by atoms with E-state index in [4.69, 9.17) is 9.47 Å². The van der Waals surface area contributed by atoms with E-state index < -0.39 is 0 Å². The molecule has 2 rings (SSSR count). The van der Waals surface area contributed by atoms with Crippen molar-refractivity contribution in [1.82, 2.24) is 4.90 Å². The minimum atomic E-state index is 0.537. The highest BCUT2D eigenvalue weighted by Gasteiger charge is 2.24. The van der Waals surface area contributed by atoms with Crippen molar-refractivity contribution >= 4 is 0 Å². The lowest BCUT2D eigenvalue weighted by atomic mass is 9.85. The van der Waals surface area contributed by atoms with E-state index in [0.29, 0.717) is 6.10 Å². The number of hydrogen-bond acceptors (Lipinski definition) is 3. The van der Waals surface area contributed by atoms with Crippen LogP contribution in [0.25, 0.3) is 0 Å². The SMILES string of the molecule is CC[C@@H]1CCCC[C@H]1OCCN1CCOCC1. The molecule has 0 amide bonds. The second-order valence-electron chi connectivity index (χ2n) is 5.32. The Morgan fingerprint density at radius 2 is 1.94 bits per heavy atom. The molecule has 0 aromatic carbocycles. The van der Waals surface area contributed by atoms with Gasteiger partial charge in [0.2, 0.25) is 0 Å². The standard InChI is InChI=1S/C14H27NO2/c1-2-13-5-3-4-6-14(13)17-12-9-15-7-10-16-11-8-15/h13-14H,2-12H2,1H3/t13-,14-/m1/s1. The molecular formula is C14H27NO2. The molecule has 0 spiro atoms. The first-order chi connectivity index (χ1) is 8.40. The average Bonchev–Trinajstić information content (AvgIpc) is 2.40. The van der Waals surface area contributed by atoms with E-state index >= 15 is 0 Å². The van der Waals surface area contributed by atoms with Crippen LogP contribution in [0.5, 0.6) is 0 Å². The highest BCUT2D eigenvalue weighted by Crippen LogP contribution is 2.28. The third-order valence-electron chi connectivity index (χ3n) is 4.21. The lowest BCUT2D eigenvalue weighted by molar-refractivity contribution is -0.0322. The molecule has 0 radical (unpaired) electrons. The molecule has 2 aliphatic rings. The van der Waals surface area contributed by atoms with Crippen LogP contribution < -0.4 is 0 Å². The Balaban J connectivity index is 1.62. The highest BCUT2D eigenvalue weighted by molar-refractivity contribution is 4.75. The van der Waals surface area contributed by atoms with Crippen LogP contribution >= 0.6 is 0 Å². The third-order valence-corrected chi connectivity index (χ3v) is 4.21. The van der Waals surface area contributed by atoms with Gasteiger partial charge in [0.25, 0.3) is 0 Å². The molecule has 0 unspecified atom stereocenters. The third kappa shape index (κ3) is 4.23. The predicted octanol–water partition coefficient (Wildman–Crippen LogP) is 2.30. The summed E-state index contributed by atoms with van der Waals surface area (Å²) < 4.78 is 11.5. The minimum Gasteiger partial charge on any atom is -0.379 e. The minimum absolute atomic E-state index is 0.537. The van der Waals surface area contributed by atoms with Crippen molar-refractivity contribution in [3.05, 3.63) is 0 Å². The van der Waals surface area contributed by atoms with Crippen molar-refractivity contribution in [2.45, 2.75) is 45.1 Å². The molecule has 0 bridgehead atoms. The van der Waals surface area contributed by atoms with Gasteiger partial charge in [0.05, 0.1) is 25.9 Å². The first-order valence-corrected chi connectivity index (χ1v) is 7.32. The summed E-state index contributed by atoms with van der Waals surface area (Å²) in [6, 6.07) is 0. The summed E-state index contributed by atoms with van der Waals surface area (Å²) in [5.41, 5.74) is 0. The highest BCUT2D eigenvalue weighted by atomic mass is 16.5. The molecule has 3 heteroatoms. The first kappa shape index (κ1) is 13.3. The first-order valence-electron chi connectivity index (χ1n) is 7.32. The molecule has 1 saturated carbocycles. The van der Waals surface area contributed by atoms with Crippen LogP contribution in [0.4, 0.5) is 0 Å². The normalized spacial score (nSPS) is 31.6. The van der Waals surface area contributed by atoms with Crippen molar-refractivity contribution in [2.24, 2.45) is 5.92 Å². The molecule has 1 heterocycles. The average molecular weight is 241 g/mol. The van der Waals surface area contributed by atoms with Crippen molar-refractivity contribution in [2.75, 3.05) is 39.5 Å². The lowest BCUT2D eigenvalue weighted by Gasteiger charge is -2.32. The van der Waals surface area contributed by atoms with Gasteiger partial charge >= 0.3 is 0 Å². The second-order valence-corrected chi connectivity index (χ2v) is 5.32. The number of nitrogens with zero attached hydrogens (tertiary/aromatic N) is 1. The summed E-state index contributed by atoms with van der Waals surface area (Å²) in [5.74, 6) is 0.813. The van der Waals surface area contributed by atoms with E-state index in [-0.39, 0.29) is 0 Å². The molecule has 2 fully saturated rings. The predicted molar refractivity (Wildman–Crippen MR) is 69.2 cm³/mol. The summed E-state index contributed by atoms with van der Waals surface area (Å²) >= 11 is 0. The Hall–Kier alpha value is -0.120. The molecule has 3 nitrogen and oxygen atoms in total. The van der Waals surface area contributed by atoms with Crippen LogP contribution in [-0.4, -0.2) is 50.5 Å². The van der Waals surface area contributed by atoms with Crippen LogP contribution in [0, 0.1) is 5.92 Å². The molecule has 1 aliphatic carbocycles. The molecule has 0 aromatic rings. The fourth-order valence-corrected chi connectivity index (χ4v) is 3.02. The van der Waals surface area contributed by atoms with E-state index in [1.807, 2.05) is 0 Å². The van der Waals surface area contributed by atoms with Crippen molar-refractivity contribution in [3.63, 3.8) is 0 Å². The summed E-state index contributed by atoms with van der Waals surface area (Å²) in [6.07, 6.45) is 7.23. The van der Waals surface area contributed by atoms with E-state index in [0.717, 1.165) is 45.4 Å². The Labute approximate surface area is 105 Å². The van der Waals surface area contributed by atoms with Gasteiger partial charge in [-0.15, -0.1) is 0 Å².